The summed E-state index contributed by atoms with van der Waals surface area (Å²) >= 11 is 0. The van der Waals surface area contributed by atoms with E-state index in [4.69, 9.17) is 4.74 Å². The Labute approximate surface area is 123 Å². The second kappa shape index (κ2) is 6.73. The van der Waals surface area contributed by atoms with Crippen molar-refractivity contribution in [3.63, 3.8) is 0 Å². The van der Waals surface area contributed by atoms with Gasteiger partial charge in [0.05, 0.1) is 12.1 Å². The maximum atomic E-state index is 6.01. The van der Waals surface area contributed by atoms with Crippen LogP contribution in [0.1, 0.15) is 56.6 Å². The van der Waals surface area contributed by atoms with Crippen molar-refractivity contribution in [1.29, 1.82) is 0 Å². The zero-order valence-electron chi connectivity index (χ0n) is 13.3. The Morgan fingerprint density at radius 2 is 2.05 bits per heavy atom. The van der Waals surface area contributed by atoms with Crippen LogP contribution in [-0.2, 0) is 4.74 Å². The van der Waals surface area contributed by atoms with E-state index in [1.165, 1.54) is 30.4 Å². The molecule has 0 bridgehead atoms. The van der Waals surface area contributed by atoms with E-state index >= 15 is 0 Å². The fourth-order valence-corrected chi connectivity index (χ4v) is 3.47. The first-order valence-electron chi connectivity index (χ1n) is 8.08. The Hall–Kier alpha value is -0.860. The van der Waals surface area contributed by atoms with Crippen LogP contribution in [0, 0.1) is 12.8 Å². The summed E-state index contributed by atoms with van der Waals surface area (Å²) in [6.45, 7) is 8.59. The van der Waals surface area contributed by atoms with Gasteiger partial charge in [-0.2, -0.15) is 0 Å². The van der Waals surface area contributed by atoms with Gasteiger partial charge in [0.25, 0.3) is 0 Å². The van der Waals surface area contributed by atoms with Crippen molar-refractivity contribution >= 4 is 0 Å². The number of ether oxygens (including phenoxy) is 1. The molecular weight excluding hydrogens is 246 g/mol. The molecule has 0 radical (unpaired) electrons. The van der Waals surface area contributed by atoms with Crippen LogP contribution in [0.15, 0.2) is 24.3 Å². The number of hydrogen-bond acceptors (Lipinski definition) is 1. The van der Waals surface area contributed by atoms with Gasteiger partial charge in [0.15, 0.2) is 0 Å². The number of hydrogen-bond donors (Lipinski definition) is 1. The maximum absolute atomic E-state index is 6.01. The minimum Gasteiger partial charge on any atom is -0.375 e. The van der Waals surface area contributed by atoms with Crippen molar-refractivity contribution in [2.45, 2.75) is 58.0 Å². The van der Waals surface area contributed by atoms with Crippen LogP contribution in [0.25, 0.3) is 0 Å². The molecule has 1 aromatic carbocycles. The molecule has 0 amide bonds. The lowest BCUT2D eigenvalue weighted by Gasteiger charge is -2.41. The summed E-state index contributed by atoms with van der Waals surface area (Å²) in [5.41, 5.74) is 7.00. The van der Waals surface area contributed by atoms with Gasteiger partial charge in [-0.3, -0.25) is 0 Å². The molecule has 3 N–H and O–H groups in total. The molecule has 0 aromatic heterocycles. The summed E-state index contributed by atoms with van der Waals surface area (Å²) in [5, 5.41) is 0. The number of aryl methyl sites for hydroxylation is 1. The second-order valence-corrected chi connectivity index (χ2v) is 6.56. The van der Waals surface area contributed by atoms with Crippen LogP contribution < -0.4 is 5.73 Å². The average Bonchev–Trinajstić information content (AvgIpc) is 2.46. The topological polar surface area (TPSA) is 36.9 Å². The zero-order chi connectivity index (χ0) is 14.6. The first-order chi connectivity index (χ1) is 9.58. The van der Waals surface area contributed by atoms with Crippen LogP contribution in [0.5, 0.6) is 0 Å². The van der Waals surface area contributed by atoms with Gasteiger partial charge in [0.1, 0.15) is 0 Å². The van der Waals surface area contributed by atoms with Gasteiger partial charge in [-0.15, -0.1) is 0 Å². The molecule has 0 unspecified atom stereocenters. The lowest BCUT2D eigenvalue weighted by molar-refractivity contribution is -0.369. The van der Waals surface area contributed by atoms with Gasteiger partial charge in [0, 0.05) is 13.0 Å². The normalized spacial score (nSPS) is 28.3. The summed E-state index contributed by atoms with van der Waals surface area (Å²) in [6, 6.07) is 9.11. The average molecular weight is 276 g/mol. The van der Waals surface area contributed by atoms with Gasteiger partial charge in [-0.1, -0.05) is 36.8 Å². The summed E-state index contributed by atoms with van der Waals surface area (Å²) in [5.74, 6) is 1.38. The van der Waals surface area contributed by atoms with Crippen molar-refractivity contribution in [3.8, 4) is 0 Å². The fraction of sp³-hybridized carbons (Fsp3) is 0.667. The molecule has 1 aromatic rings. The standard InChI is InChI=1S/C18H29NO/c1-4-18(3)13-16(10-12-20-18)17(9-11-19)15-7-5-14(2)6-8-15/h5-8,16-17H,4,9-13,19H2,1-3H3/p+1/t16-,17-,18+/m0/s1. The summed E-state index contributed by atoms with van der Waals surface area (Å²) < 4.78 is 6.01. The molecule has 0 spiro atoms. The first-order valence-corrected chi connectivity index (χ1v) is 8.08. The van der Waals surface area contributed by atoms with Gasteiger partial charge in [0.2, 0.25) is 0 Å². The highest BCUT2D eigenvalue weighted by Crippen LogP contribution is 2.41. The predicted octanol–water partition coefficient (Wildman–Crippen LogP) is 3.31. The summed E-state index contributed by atoms with van der Waals surface area (Å²) in [6.07, 6.45) is 4.66. The molecule has 3 atom stereocenters. The number of quaternary nitrogens is 1. The lowest BCUT2D eigenvalue weighted by Crippen LogP contribution is -2.51. The van der Waals surface area contributed by atoms with E-state index in [0.717, 1.165) is 25.5 Å². The van der Waals surface area contributed by atoms with E-state index in [0.29, 0.717) is 5.92 Å². The molecule has 2 nitrogen and oxygen atoms in total. The molecule has 0 aliphatic carbocycles. The number of benzene rings is 1. The highest BCUT2D eigenvalue weighted by Gasteiger charge is 2.35. The molecule has 20 heavy (non-hydrogen) atoms. The molecule has 1 saturated heterocycles. The second-order valence-electron chi connectivity index (χ2n) is 6.56. The highest BCUT2D eigenvalue weighted by molar-refractivity contribution is 5.25. The SMILES string of the molecule is CC[C@]1(C)C[C@@H]([C@@H](CC[NH3+])c2ccc(C)cc2)CCO1. The molecule has 0 saturated carbocycles. The van der Waals surface area contributed by atoms with Crippen molar-refractivity contribution in [2.75, 3.05) is 13.2 Å². The van der Waals surface area contributed by atoms with E-state index in [1.807, 2.05) is 0 Å². The molecule has 1 aliphatic rings. The van der Waals surface area contributed by atoms with Crippen LogP contribution >= 0.6 is 0 Å². The van der Waals surface area contributed by atoms with E-state index in [-0.39, 0.29) is 5.60 Å². The first kappa shape index (κ1) is 15.5. The van der Waals surface area contributed by atoms with E-state index < -0.39 is 0 Å². The van der Waals surface area contributed by atoms with E-state index in [9.17, 15) is 0 Å². The van der Waals surface area contributed by atoms with Crippen molar-refractivity contribution in [2.24, 2.45) is 5.92 Å². The minimum atomic E-state index is 0.0764. The molecule has 112 valence electrons. The van der Waals surface area contributed by atoms with Gasteiger partial charge >= 0.3 is 0 Å². The highest BCUT2D eigenvalue weighted by atomic mass is 16.5. The van der Waals surface area contributed by atoms with Gasteiger partial charge in [-0.05, 0) is 50.5 Å². The smallest absolute Gasteiger partial charge is 0.0745 e. The van der Waals surface area contributed by atoms with E-state index in [1.54, 1.807) is 0 Å². The molecule has 1 aliphatic heterocycles. The zero-order valence-corrected chi connectivity index (χ0v) is 13.3. The lowest BCUT2D eigenvalue weighted by atomic mass is 9.74. The van der Waals surface area contributed by atoms with Crippen molar-refractivity contribution in [1.82, 2.24) is 0 Å². The molecule has 1 fully saturated rings. The predicted molar refractivity (Wildman–Crippen MR) is 83.7 cm³/mol. The van der Waals surface area contributed by atoms with E-state index in [2.05, 4.69) is 50.8 Å². The quantitative estimate of drug-likeness (QED) is 0.880. The summed E-state index contributed by atoms with van der Waals surface area (Å²) in [4.78, 5) is 0. The molecule has 2 rings (SSSR count). The molecule has 2 heteroatoms. The Balaban J connectivity index is 2.17. The van der Waals surface area contributed by atoms with Crippen LogP contribution in [0.4, 0.5) is 0 Å². The van der Waals surface area contributed by atoms with Gasteiger partial charge in [-0.25, -0.2) is 0 Å². The third-order valence-corrected chi connectivity index (χ3v) is 4.97. The molecular formula is C18H30NO+. The fourth-order valence-electron chi connectivity index (χ4n) is 3.47. The third kappa shape index (κ3) is 3.62. The Morgan fingerprint density at radius 1 is 1.35 bits per heavy atom. The Kier molecular flexibility index (Phi) is 5.22. The minimum absolute atomic E-state index is 0.0764. The largest absolute Gasteiger partial charge is 0.375 e. The molecule has 1 heterocycles. The van der Waals surface area contributed by atoms with Crippen LogP contribution in [0.3, 0.4) is 0 Å². The van der Waals surface area contributed by atoms with Crippen LogP contribution in [-0.4, -0.2) is 18.8 Å². The third-order valence-electron chi connectivity index (χ3n) is 4.97. The monoisotopic (exact) mass is 276 g/mol. The Morgan fingerprint density at radius 3 is 2.65 bits per heavy atom. The maximum Gasteiger partial charge on any atom is 0.0745 e. The van der Waals surface area contributed by atoms with Gasteiger partial charge < -0.3 is 10.5 Å². The number of rotatable bonds is 5. The Bertz CT molecular complexity index is 414. The van der Waals surface area contributed by atoms with Crippen LogP contribution in [0.2, 0.25) is 0 Å². The van der Waals surface area contributed by atoms with Crippen molar-refractivity contribution < 1.29 is 10.5 Å². The van der Waals surface area contributed by atoms with Crippen molar-refractivity contribution in [3.05, 3.63) is 35.4 Å². The summed E-state index contributed by atoms with van der Waals surface area (Å²) in [7, 11) is 0.